The second-order valence-electron chi connectivity index (χ2n) is 6.03. The molecule has 0 aliphatic heterocycles. The number of ether oxygens (including phenoxy) is 2. The molecule has 0 aliphatic carbocycles. The number of carbonyl (C=O) groups is 1. The smallest absolute Gasteiger partial charge is 0.262 e. The number of rotatable bonds is 8. The van der Waals surface area contributed by atoms with Crippen molar-refractivity contribution in [2.75, 3.05) is 19.0 Å². The maximum atomic E-state index is 12.1. The minimum absolute atomic E-state index is 0.0604. The summed E-state index contributed by atoms with van der Waals surface area (Å²) < 4.78 is 10.6. The van der Waals surface area contributed by atoms with Crippen LogP contribution in [0.2, 0.25) is 0 Å². The maximum absolute atomic E-state index is 12.1. The first-order valence-electron chi connectivity index (χ1n) is 8.73. The number of carbonyl (C=O) groups excluding carboxylic acids is 1. The number of nitrogens with zero attached hydrogens (tertiary/aromatic N) is 1. The maximum Gasteiger partial charge on any atom is 0.262 e. The first kappa shape index (κ1) is 17.8. The zero-order valence-corrected chi connectivity index (χ0v) is 15.0. The lowest BCUT2D eigenvalue weighted by atomic mass is 10.2. The van der Waals surface area contributed by atoms with E-state index in [1.807, 2.05) is 18.2 Å². The second kappa shape index (κ2) is 8.38. The summed E-state index contributed by atoms with van der Waals surface area (Å²) in [5.41, 5.74) is 2.54. The van der Waals surface area contributed by atoms with Crippen molar-refractivity contribution >= 4 is 22.6 Å². The van der Waals surface area contributed by atoms with Crippen molar-refractivity contribution in [3.63, 3.8) is 0 Å². The normalized spacial score (nSPS) is 10.7. The van der Waals surface area contributed by atoms with Crippen LogP contribution in [0.25, 0.3) is 11.0 Å². The van der Waals surface area contributed by atoms with E-state index in [9.17, 15) is 4.79 Å². The summed E-state index contributed by atoms with van der Waals surface area (Å²) in [6.07, 6.45) is 3.17. The Morgan fingerprint density at radius 3 is 2.65 bits per heavy atom. The topological polar surface area (TPSA) is 76.2 Å². The second-order valence-corrected chi connectivity index (χ2v) is 6.03. The van der Waals surface area contributed by atoms with Gasteiger partial charge < -0.3 is 19.8 Å². The van der Waals surface area contributed by atoms with Crippen LogP contribution in [-0.4, -0.2) is 29.6 Å². The van der Waals surface area contributed by atoms with Crippen molar-refractivity contribution in [1.29, 1.82) is 0 Å². The number of amides is 1. The first-order chi connectivity index (χ1) is 12.7. The fourth-order valence-corrected chi connectivity index (χ4v) is 2.62. The van der Waals surface area contributed by atoms with Gasteiger partial charge in [0.2, 0.25) is 0 Å². The van der Waals surface area contributed by atoms with E-state index in [1.165, 1.54) is 0 Å². The Hall–Kier alpha value is -3.02. The third-order valence-electron chi connectivity index (χ3n) is 4.01. The Balaban J connectivity index is 1.57. The molecule has 0 spiro atoms. The van der Waals surface area contributed by atoms with Crippen molar-refractivity contribution in [2.45, 2.75) is 26.2 Å². The summed E-state index contributed by atoms with van der Waals surface area (Å²) in [4.78, 5) is 20.0. The van der Waals surface area contributed by atoms with Gasteiger partial charge in [0.05, 0.1) is 18.1 Å². The number of hydrogen-bond donors (Lipinski definition) is 2. The van der Waals surface area contributed by atoms with Crippen LogP contribution in [0, 0.1) is 0 Å². The van der Waals surface area contributed by atoms with Crippen molar-refractivity contribution in [1.82, 2.24) is 9.97 Å². The third-order valence-corrected chi connectivity index (χ3v) is 4.01. The van der Waals surface area contributed by atoms with E-state index in [-0.39, 0.29) is 12.5 Å². The zero-order valence-electron chi connectivity index (χ0n) is 15.0. The molecule has 1 amide bonds. The number of fused-ring (bicyclic) bond motifs is 1. The van der Waals surface area contributed by atoms with Crippen LogP contribution in [0.15, 0.2) is 42.5 Å². The molecule has 0 saturated carbocycles. The zero-order chi connectivity index (χ0) is 18.4. The van der Waals surface area contributed by atoms with Gasteiger partial charge in [0.1, 0.15) is 17.3 Å². The highest BCUT2D eigenvalue weighted by Gasteiger charge is 2.07. The fourth-order valence-electron chi connectivity index (χ4n) is 2.62. The number of benzene rings is 2. The van der Waals surface area contributed by atoms with E-state index >= 15 is 0 Å². The van der Waals surface area contributed by atoms with Crippen LogP contribution >= 0.6 is 0 Å². The van der Waals surface area contributed by atoms with Crippen LogP contribution in [0.3, 0.4) is 0 Å². The minimum Gasteiger partial charge on any atom is -0.497 e. The van der Waals surface area contributed by atoms with Crippen LogP contribution in [0.1, 0.15) is 25.6 Å². The highest BCUT2D eigenvalue weighted by atomic mass is 16.5. The van der Waals surface area contributed by atoms with Crippen LogP contribution in [0.4, 0.5) is 5.69 Å². The van der Waals surface area contributed by atoms with E-state index in [2.05, 4.69) is 22.2 Å². The molecule has 0 radical (unpaired) electrons. The highest BCUT2D eigenvalue weighted by Crippen LogP contribution is 2.19. The van der Waals surface area contributed by atoms with Crippen molar-refractivity contribution < 1.29 is 14.3 Å². The standard InChI is InChI=1S/C20H23N3O3/c1-3-4-5-19-22-17-11-6-14(12-18(17)23-19)21-20(24)13-26-16-9-7-15(25-2)8-10-16/h6-12H,3-5,13H2,1-2H3,(H,21,24)(H,22,23). The monoisotopic (exact) mass is 353 g/mol. The Morgan fingerprint density at radius 1 is 1.15 bits per heavy atom. The number of aromatic nitrogens is 2. The lowest BCUT2D eigenvalue weighted by Crippen LogP contribution is -2.20. The Bertz CT molecular complexity index is 872. The molecule has 0 unspecified atom stereocenters. The molecule has 0 saturated heterocycles. The summed E-state index contributed by atoms with van der Waals surface area (Å²) in [5.74, 6) is 2.12. The first-order valence-corrected chi connectivity index (χ1v) is 8.73. The van der Waals surface area contributed by atoms with Gasteiger partial charge in [-0.05, 0) is 48.9 Å². The number of imidazole rings is 1. The van der Waals surface area contributed by atoms with Gasteiger partial charge in [-0.25, -0.2) is 4.98 Å². The average Bonchev–Trinajstić information content (AvgIpc) is 3.07. The van der Waals surface area contributed by atoms with Gasteiger partial charge in [-0.2, -0.15) is 0 Å². The largest absolute Gasteiger partial charge is 0.497 e. The van der Waals surface area contributed by atoms with Gasteiger partial charge in [-0.1, -0.05) is 13.3 Å². The van der Waals surface area contributed by atoms with Crippen molar-refractivity contribution in [2.24, 2.45) is 0 Å². The SMILES string of the molecule is CCCCc1nc2ccc(NC(=O)COc3ccc(OC)cc3)cc2[nH]1. The Morgan fingerprint density at radius 2 is 1.92 bits per heavy atom. The quantitative estimate of drug-likeness (QED) is 0.643. The summed E-state index contributed by atoms with van der Waals surface area (Å²) in [5, 5.41) is 2.84. The fraction of sp³-hybridized carbons (Fsp3) is 0.300. The number of aryl methyl sites for hydroxylation is 1. The van der Waals surface area contributed by atoms with E-state index in [1.54, 1.807) is 31.4 Å². The number of unbranched alkanes of at least 4 members (excludes halogenated alkanes) is 1. The molecule has 0 bridgehead atoms. The number of anilines is 1. The molecule has 2 aromatic carbocycles. The van der Waals surface area contributed by atoms with Gasteiger partial charge in [0, 0.05) is 12.1 Å². The molecule has 0 aliphatic rings. The van der Waals surface area contributed by atoms with Crippen molar-refractivity contribution in [3.05, 3.63) is 48.3 Å². The highest BCUT2D eigenvalue weighted by molar-refractivity contribution is 5.94. The molecular weight excluding hydrogens is 330 g/mol. The summed E-state index contributed by atoms with van der Waals surface area (Å²) >= 11 is 0. The average molecular weight is 353 g/mol. The van der Waals surface area contributed by atoms with E-state index < -0.39 is 0 Å². The van der Waals surface area contributed by atoms with Gasteiger partial charge in [-0.3, -0.25) is 4.79 Å². The Kier molecular flexibility index (Phi) is 5.73. The van der Waals surface area contributed by atoms with Crippen molar-refractivity contribution in [3.8, 4) is 11.5 Å². The number of H-pyrrole nitrogens is 1. The number of nitrogens with one attached hydrogen (secondary N) is 2. The summed E-state index contributed by atoms with van der Waals surface area (Å²) in [7, 11) is 1.60. The van der Waals surface area contributed by atoms with Gasteiger partial charge in [0.25, 0.3) is 5.91 Å². The van der Waals surface area contributed by atoms with Gasteiger partial charge in [0.15, 0.2) is 6.61 Å². The Labute approximate surface area is 152 Å². The predicted octanol–water partition coefficient (Wildman–Crippen LogP) is 3.93. The van der Waals surface area contributed by atoms with Gasteiger partial charge >= 0.3 is 0 Å². The lowest BCUT2D eigenvalue weighted by Gasteiger charge is -2.08. The molecule has 0 atom stereocenters. The summed E-state index contributed by atoms with van der Waals surface area (Å²) in [6, 6.07) is 12.7. The van der Waals surface area contributed by atoms with Gasteiger partial charge in [-0.15, -0.1) is 0 Å². The molecule has 6 nitrogen and oxygen atoms in total. The molecule has 136 valence electrons. The predicted molar refractivity (Wildman–Crippen MR) is 102 cm³/mol. The molecule has 2 N–H and O–H groups in total. The molecule has 6 heteroatoms. The van der Waals surface area contributed by atoms with E-state index in [0.717, 1.165) is 41.9 Å². The van der Waals surface area contributed by atoms with E-state index in [4.69, 9.17) is 9.47 Å². The molecule has 3 aromatic rings. The molecule has 3 rings (SSSR count). The molecule has 1 heterocycles. The number of methoxy groups -OCH3 is 1. The van der Waals surface area contributed by atoms with Crippen LogP contribution in [-0.2, 0) is 11.2 Å². The third kappa shape index (κ3) is 4.53. The van der Waals surface area contributed by atoms with E-state index in [0.29, 0.717) is 11.4 Å². The number of aromatic amines is 1. The van der Waals surface area contributed by atoms with Crippen LogP contribution in [0.5, 0.6) is 11.5 Å². The minimum atomic E-state index is -0.217. The molecule has 0 fully saturated rings. The van der Waals surface area contributed by atoms with Crippen LogP contribution < -0.4 is 14.8 Å². The molecular formula is C20H23N3O3. The summed E-state index contributed by atoms with van der Waals surface area (Å²) in [6.45, 7) is 2.10. The lowest BCUT2D eigenvalue weighted by molar-refractivity contribution is -0.118. The molecule has 26 heavy (non-hydrogen) atoms. The molecule has 1 aromatic heterocycles. The number of hydrogen-bond acceptors (Lipinski definition) is 4.